The molecule has 0 radical (unpaired) electrons. The van der Waals surface area contributed by atoms with Gasteiger partial charge in [-0.05, 0) is 43.2 Å². The zero-order valence-electron chi connectivity index (χ0n) is 15.8. The molecule has 0 atom stereocenters. The highest BCUT2D eigenvalue weighted by Crippen LogP contribution is 2.35. The third-order valence-corrected chi connectivity index (χ3v) is 6.59. The van der Waals surface area contributed by atoms with Crippen molar-refractivity contribution in [3.8, 4) is 0 Å². The molecule has 3 aromatic rings. The summed E-state index contributed by atoms with van der Waals surface area (Å²) in [5, 5.41) is 0.612. The van der Waals surface area contributed by atoms with Crippen molar-refractivity contribution in [1.82, 2.24) is 9.13 Å². The van der Waals surface area contributed by atoms with E-state index in [-0.39, 0.29) is 12.1 Å². The molecule has 1 aromatic carbocycles. The van der Waals surface area contributed by atoms with Gasteiger partial charge in [0, 0.05) is 11.4 Å². The van der Waals surface area contributed by atoms with Gasteiger partial charge in [0.1, 0.15) is 11.4 Å². The average molecular weight is 398 g/mol. The van der Waals surface area contributed by atoms with Gasteiger partial charge in [-0.25, -0.2) is 9.36 Å². The number of carbonyl (C=O) groups excluding carboxylic acids is 1. The summed E-state index contributed by atoms with van der Waals surface area (Å²) >= 11 is 1.55. The predicted molar refractivity (Wildman–Crippen MR) is 109 cm³/mol. The zero-order chi connectivity index (χ0) is 19.7. The van der Waals surface area contributed by atoms with Crippen LogP contribution >= 0.6 is 11.3 Å². The lowest BCUT2D eigenvalue weighted by Gasteiger charge is -2.12. The summed E-state index contributed by atoms with van der Waals surface area (Å²) in [6.07, 6.45) is 4.45. The van der Waals surface area contributed by atoms with Crippen LogP contribution in [0.1, 0.15) is 28.8 Å². The van der Waals surface area contributed by atoms with Gasteiger partial charge in [-0.2, -0.15) is 0 Å². The quantitative estimate of drug-likeness (QED) is 0.598. The van der Waals surface area contributed by atoms with Gasteiger partial charge in [0.25, 0.3) is 5.56 Å². The highest BCUT2D eigenvalue weighted by Gasteiger charge is 2.25. The van der Waals surface area contributed by atoms with Gasteiger partial charge < -0.3 is 4.74 Å². The second kappa shape index (κ2) is 7.75. The Morgan fingerprint density at radius 3 is 2.68 bits per heavy atom. The second-order valence-corrected chi connectivity index (χ2v) is 8.11. The van der Waals surface area contributed by atoms with Gasteiger partial charge in [0.15, 0.2) is 0 Å². The Morgan fingerprint density at radius 1 is 1.14 bits per heavy atom. The van der Waals surface area contributed by atoms with Crippen molar-refractivity contribution in [2.75, 3.05) is 7.11 Å². The third kappa shape index (κ3) is 3.30. The second-order valence-electron chi connectivity index (χ2n) is 7.03. The van der Waals surface area contributed by atoms with Crippen molar-refractivity contribution < 1.29 is 9.53 Å². The van der Waals surface area contributed by atoms with E-state index in [4.69, 9.17) is 0 Å². The van der Waals surface area contributed by atoms with E-state index in [1.54, 1.807) is 15.9 Å². The predicted octanol–water partition coefficient (Wildman–Crippen LogP) is 2.52. The number of thiophene rings is 1. The maximum atomic E-state index is 13.0. The Balaban J connectivity index is 1.76. The number of aryl methyl sites for hydroxylation is 4. The largest absolute Gasteiger partial charge is 0.468 e. The highest BCUT2D eigenvalue weighted by molar-refractivity contribution is 7.18. The van der Waals surface area contributed by atoms with Crippen LogP contribution in [0.15, 0.2) is 39.9 Å². The van der Waals surface area contributed by atoms with Crippen molar-refractivity contribution in [2.45, 2.75) is 45.2 Å². The number of hydrogen-bond acceptors (Lipinski definition) is 5. The van der Waals surface area contributed by atoms with Crippen LogP contribution in [0.4, 0.5) is 0 Å². The summed E-state index contributed by atoms with van der Waals surface area (Å²) in [7, 11) is 1.26. The first kappa shape index (κ1) is 18.7. The minimum absolute atomic E-state index is 0.354. The number of fused-ring (bicyclic) bond motifs is 3. The van der Waals surface area contributed by atoms with Gasteiger partial charge in [-0.15, -0.1) is 11.3 Å². The van der Waals surface area contributed by atoms with E-state index < -0.39 is 11.7 Å². The van der Waals surface area contributed by atoms with Gasteiger partial charge in [0.2, 0.25) is 0 Å². The molecule has 0 saturated heterocycles. The molecule has 0 aliphatic heterocycles. The summed E-state index contributed by atoms with van der Waals surface area (Å²) in [6.45, 7) is 0.151. The smallest absolute Gasteiger partial charge is 0.332 e. The van der Waals surface area contributed by atoms with Crippen molar-refractivity contribution in [1.29, 1.82) is 0 Å². The number of methoxy groups -OCH3 is 1. The van der Waals surface area contributed by atoms with Crippen LogP contribution in [0, 0.1) is 0 Å². The SMILES string of the molecule is COC(=O)Cn1c(=O)c2c3c(sc2n(CCCc2ccccc2)c1=O)CCC3. The molecule has 1 aliphatic carbocycles. The topological polar surface area (TPSA) is 70.3 Å². The maximum absolute atomic E-state index is 13.0. The number of benzene rings is 1. The Hall–Kier alpha value is -2.67. The summed E-state index contributed by atoms with van der Waals surface area (Å²) < 4.78 is 7.39. The molecule has 0 amide bonds. The van der Waals surface area contributed by atoms with Crippen LogP contribution in [0.2, 0.25) is 0 Å². The van der Waals surface area contributed by atoms with E-state index >= 15 is 0 Å². The molecule has 0 spiro atoms. The molecule has 0 unspecified atom stereocenters. The van der Waals surface area contributed by atoms with Crippen molar-refractivity contribution in [2.24, 2.45) is 0 Å². The van der Waals surface area contributed by atoms with E-state index in [1.807, 2.05) is 18.2 Å². The van der Waals surface area contributed by atoms with E-state index in [0.717, 1.165) is 47.1 Å². The molecule has 4 rings (SSSR count). The Morgan fingerprint density at radius 2 is 1.93 bits per heavy atom. The van der Waals surface area contributed by atoms with E-state index in [1.165, 1.54) is 17.6 Å². The number of esters is 1. The number of aromatic nitrogens is 2. The fourth-order valence-electron chi connectivity index (χ4n) is 3.87. The fourth-order valence-corrected chi connectivity index (χ4v) is 5.27. The van der Waals surface area contributed by atoms with Crippen LogP contribution in [-0.2, 0) is 41.9 Å². The molecule has 0 N–H and O–H groups in total. The molecule has 2 aromatic heterocycles. The van der Waals surface area contributed by atoms with Crippen molar-refractivity contribution in [3.63, 3.8) is 0 Å². The van der Waals surface area contributed by atoms with Gasteiger partial charge in [-0.1, -0.05) is 30.3 Å². The number of rotatable bonds is 6. The van der Waals surface area contributed by atoms with Crippen LogP contribution in [0.3, 0.4) is 0 Å². The molecule has 6 nitrogen and oxygen atoms in total. The van der Waals surface area contributed by atoms with Crippen molar-refractivity contribution >= 4 is 27.5 Å². The Labute approximate surface area is 166 Å². The number of nitrogens with zero attached hydrogens (tertiary/aromatic N) is 2. The third-order valence-electron chi connectivity index (χ3n) is 5.27. The summed E-state index contributed by atoms with van der Waals surface area (Å²) in [5.74, 6) is -0.596. The Bertz CT molecular complexity index is 1140. The van der Waals surface area contributed by atoms with E-state index in [2.05, 4.69) is 16.9 Å². The molecule has 28 heavy (non-hydrogen) atoms. The van der Waals surface area contributed by atoms with Gasteiger partial charge in [0.05, 0.1) is 12.5 Å². The summed E-state index contributed by atoms with van der Waals surface area (Å²) in [4.78, 5) is 39.8. The molecule has 0 fully saturated rings. The number of carbonyl (C=O) groups is 1. The lowest BCUT2D eigenvalue weighted by Crippen LogP contribution is -2.41. The number of hydrogen-bond donors (Lipinski definition) is 0. The Kier molecular flexibility index (Phi) is 5.17. The first-order chi connectivity index (χ1) is 13.6. The molecule has 0 saturated carbocycles. The minimum Gasteiger partial charge on any atom is -0.468 e. The van der Waals surface area contributed by atoms with Crippen LogP contribution < -0.4 is 11.2 Å². The normalized spacial score (nSPS) is 13.0. The summed E-state index contributed by atoms with van der Waals surface area (Å²) in [5.41, 5.74) is 1.46. The van der Waals surface area contributed by atoms with E-state index in [0.29, 0.717) is 11.9 Å². The van der Waals surface area contributed by atoms with Gasteiger partial charge >= 0.3 is 11.7 Å². The number of ether oxygens (including phenoxy) is 1. The first-order valence-electron chi connectivity index (χ1n) is 9.48. The van der Waals surface area contributed by atoms with Crippen LogP contribution in [-0.4, -0.2) is 22.2 Å². The molecule has 146 valence electrons. The van der Waals surface area contributed by atoms with Crippen LogP contribution in [0.25, 0.3) is 10.2 Å². The average Bonchev–Trinajstić information content (AvgIpc) is 3.29. The lowest BCUT2D eigenvalue weighted by molar-refractivity contribution is -0.141. The lowest BCUT2D eigenvalue weighted by atomic mass is 10.1. The molecule has 2 heterocycles. The molecular formula is C21H22N2O4S. The van der Waals surface area contributed by atoms with Crippen molar-refractivity contribution in [3.05, 3.63) is 67.2 Å². The zero-order valence-corrected chi connectivity index (χ0v) is 16.6. The molecule has 1 aliphatic rings. The van der Waals surface area contributed by atoms with Crippen LogP contribution in [0.5, 0.6) is 0 Å². The maximum Gasteiger partial charge on any atom is 0.332 e. The molecular weight excluding hydrogens is 376 g/mol. The monoisotopic (exact) mass is 398 g/mol. The highest BCUT2D eigenvalue weighted by atomic mass is 32.1. The molecule has 7 heteroatoms. The first-order valence-corrected chi connectivity index (χ1v) is 10.3. The van der Waals surface area contributed by atoms with E-state index in [9.17, 15) is 14.4 Å². The van der Waals surface area contributed by atoms with Gasteiger partial charge in [-0.3, -0.25) is 14.2 Å². The molecule has 0 bridgehead atoms. The summed E-state index contributed by atoms with van der Waals surface area (Å²) in [6, 6.07) is 10.1. The standard InChI is InChI=1S/C21H22N2O4S/c1-27-17(24)13-23-19(25)18-15-10-5-11-16(15)28-20(18)22(21(23)26)12-6-9-14-7-3-2-4-8-14/h2-4,7-8H,5-6,9-13H2,1H3. The fraction of sp³-hybridized carbons (Fsp3) is 0.381. The minimum atomic E-state index is -0.596.